The largest absolute Gasteiger partial charge is 0.325 e. The molecule has 0 aliphatic rings. The van der Waals surface area contributed by atoms with Crippen LogP contribution in [0.5, 0.6) is 0 Å². The summed E-state index contributed by atoms with van der Waals surface area (Å²) in [6, 6.07) is 14.4. The molecule has 0 saturated carbocycles. The lowest BCUT2D eigenvalue weighted by Gasteiger charge is -2.23. The number of amides is 1. The molecule has 0 saturated heterocycles. The van der Waals surface area contributed by atoms with Gasteiger partial charge in [-0.1, -0.05) is 24.3 Å². The van der Waals surface area contributed by atoms with Crippen LogP contribution in [0.3, 0.4) is 0 Å². The number of hydrogen-bond donors (Lipinski definition) is 1. The van der Waals surface area contributed by atoms with E-state index in [0.717, 1.165) is 27.1 Å². The van der Waals surface area contributed by atoms with Gasteiger partial charge < -0.3 is 5.32 Å². The number of carbonyl (C=O) groups is 1. The zero-order valence-corrected chi connectivity index (χ0v) is 16.2. The summed E-state index contributed by atoms with van der Waals surface area (Å²) in [5.41, 5.74) is 3.71. The van der Waals surface area contributed by atoms with E-state index in [4.69, 9.17) is 0 Å². The molecular weight excluding hydrogens is 362 g/mol. The van der Waals surface area contributed by atoms with Gasteiger partial charge >= 0.3 is 0 Å². The van der Waals surface area contributed by atoms with Crippen molar-refractivity contribution in [1.29, 1.82) is 0 Å². The lowest BCUT2D eigenvalue weighted by molar-refractivity contribution is -0.114. The van der Waals surface area contributed by atoms with Gasteiger partial charge in [0.15, 0.2) is 0 Å². The Bertz CT molecular complexity index is 1110. The van der Waals surface area contributed by atoms with Crippen molar-refractivity contribution in [2.45, 2.75) is 13.8 Å². The SMILES string of the molecule is Cc1ccc(NC(=O)CN(c2cccc3cccnc23)S(C)(=O)=O)cc1C. The number of anilines is 2. The van der Waals surface area contributed by atoms with Gasteiger partial charge in [0.2, 0.25) is 15.9 Å². The van der Waals surface area contributed by atoms with Gasteiger partial charge in [0.1, 0.15) is 6.54 Å². The van der Waals surface area contributed by atoms with Crippen molar-refractivity contribution in [2.75, 3.05) is 22.4 Å². The summed E-state index contributed by atoms with van der Waals surface area (Å²) in [6.07, 6.45) is 2.68. The number of nitrogens with zero attached hydrogens (tertiary/aromatic N) is 2. The van der Waals surface area contributed by atoms with Crippen LogP contribution in [0.4, 0.5) is 11.4 Å². The molecule has 1 aromatic heterocycles. The van der Waals surface area contributed by atoms with E-state index in [-0.39, 0.29) is 6.54 Å². The average Bonchev–Trinajstić information content (AvgIpc) is 2.61. The van der Waals surface area contributed by atoms with Crippen molar-refractivity contribution >= 4 is 38.2 Å². The third-order valence-electron chi connectivity index (χ3n) is 4.36. The summed E-state index contributed by atoms with van der Waals surface area (Å²) >= 11 is 0. The first-order valence-electron chi connectivity index (χ1n) is 8.44. The molecule has 6 nitrogen and oxygen atoms in total. The zero-order chi connectivity index (χ0) is 19.6. The van der Waals surface area contributed by atoms with Crippen molar-refractivity contribution in [3.8, 4) is 0 Å². The molecule has 140 valence electrons. The third-order valence-corrected chi connectivity index (χ3v) is 5.48. The molecule has 0 fully saturated rings. The number of aryl methyl sites for hydroxylation is 2. The summed E-state index contributed by atoms with van der Waals surface area (Å²) in [7, 11) is -3.68. The number of pyridine rings is 1. The van der Waals surface area contributed by atoms with E-state index < -0.39 is 15.9 Å². The first-order valence-corrected chi connectivity index (χ1v) is 10.3. The van der Waals surface area contributed by atoms with Gasteiger partial charge in [-0.15, -0.1) is 0 Å². The van der Waals surface area contributed by atoms with Crippen LogP contribution < -0.4 is 9.62 Å². The zero-order valence-electron chi connectivity index (χ0n) is 15.4. The Morgan fingerprint density at radius 2 is 1.81 bits per heavy atom. The average molecular weight is 383 g/mol. The van der Waals surface area contributed by atoms with Gasteiger partial charge in [-0.2, -0.15) is 0 Å². The smallest absolute Gasteiger partial charge is 0.245 e. The van der Waals surface area contributed by atoms with E-state index in [2.05, 4.69) is 10.3 Å². The fourth-order valence-electron chi connectivity index (χ4n) is 2.82. The molecule has 0 atom stereocenters. The molecule has 0 bridgehead atoms. The Kier molecular flexibility index (Phi) is 5.14. The second kappa shape index (κ2) is 7.36. The van der Waals surface area contributed by atoms with Gasteiger partial charge in [0, 0.05) is 17.3 Å². The predicted molar refractivity (Wildman–Crippen MR) is 108 cm³/mol. The molecular formula is C20H21N3O3S. The third kappa shape index (κ3) is 4.25. The maximum absolute atomic E-state index is 12.5. The highest BCUT2D eigenvalue weighted by Crippen LogP contribution is 2.26. The Balaban J connectivity index is 1.92. The number of nitrogens with one attached hydrogen (secondary N) is 1. The Morgan fingerprint density at radius 3 is 2.52 bits per heavy atom. The maximum atomic E-state index is 12.5. The first-order chi connectivity index (χ1) is 12.8. The minimum Gasteiger partial charge on any atom is -0.325 e. The number of benzene rings is 2. The predicted octanol–water partition coefficient (Wildman–Crippen LogP) is 3.26. The molecule has 1 amide bonds. The van der Waals surface area contributed by atoms with Crippen LogP contribution in [-0.2, 0) is 14.8 Å². The van der Waals surface area contributed by atoms with Crippen molar-refractivity contribution in [2.24, 2.45) is 0 Å². The Hall–Kier alpha value is -2.93. The lowest BCUT2D eigenvalue weighted by atomic mass is 10.1. The van der Waals surface area contributed by atoms with E-state index in [0.29, 0.717) is 16.9 Å². The lowest BCUT2D eigenvalue weighted by Crippen LogP contribution is -2.37. The first kappa shape index (κ1) is 18.8. The molecule has 3 rings (SSSR count). The van der Waals surface area contributed by atoms with Crippen molar-refractivity contribution in [3.05, 3.63) is 65.9 Å². The van der Waals surface area contributed by atoms with Gasteiger partial charge in [-0.25, -0.2) is 8.42 Å². The van der Waals surface area contributed by atoms with Gasteiger partial charge in [-0.3, -0.25) is 14.1 Å². The molecule has 0 radical (unpaired) electrons. The molecule has 0 unspecified atom stereocenters. The van der Waals surface area contributed by atoms with E-state index in [9.17, 15) is 13.2 Å². The van der Waals surface area contributed by atoms with Crippen molar-refractivity contribution in [3.63, 3.8) is 0 Å². The summed E-state index contributed by atoms with van der Waals surface area (Å²) < 4.78 is 25.8. The highest BCUT2D eigenvalue weighted by Gasteiger charge is 2.23. The van der Waals surface area contributed by atoms with E-state index in [1.807, 2.05) is 38.1 Å². The number of sulfonamides is 1. The van der Waals surface area contributed by atoms with E-state index in [1.165, 1.54) is 0 Å². The molecule has 0 spiro atoms. The highest BCUT2D eigenvalue weighted by molar-refractivity contribution is 7.92. The number of rotatable bonds is 5. The number of hydrogen-bond acceptors (Lipinski definition) is 4. The number of para-hydroxylation sites is 1. The summed E-state index contributed by atoms with van der Waals surface area (Å²) in [5, 5.41) is 3.57. The second-order valence-corrected chi connectivity index (χ2v) is 8.38. The van der Waals surface area contributed by atoms with E-state index in [1.54, 1.807) is 30.5 Å². The topological polar surface area (TPSA) is 79.4 Å². The Morgan fingerprint density at radius 1 is 1.07 bits per heavy atom. The number of carbonyl (C=O) groups excluding carboxylic acids is 1. The van der Waals surface area contributed by atoms with Crippen LogP contribution in [0.2, 0.25) is 0 Å². The minimum atomic E-state index is -3.68. The van der Waals surface area contributed by atoms with Gasteiger partial charge in [-0.05, 0) is 49.2 Å². The molecule has 3 aromatic rings. The fraction of sp³-hybridized carbons (Fsp3) is 0.200. The second-order valence-electron chi connectivity index (χ2n) is 6.47. The van der Waals surface area contributed by atoms with Crippen molar-refractivity contribution < 1.29 is 13.2 Å². The molecule has 0 aliphatic carbocycles. The normalized spacial score (nSPS) is 11.4. The summed E-state index contributed by atoms with van der Waals surface area (Å²) in [5.74, 6) is -0.420. The fourth-order valence-corrected chi connectivity index (χ4v) is 3.68. The monoisotopic (exact) mass is 383 g/mol. The molecule has 27 heavy (non-hydrogen) atoms. The molecule has 2 aromatic carbocycles. The molecule has 1 N–H and O–H groups in total. The number of fused-ring (bicyclic) bond motifs is 1. The number of aromatic nitrogens is 1. The summed E-state index contributed by atoms with van der Waals surface area (Å²) in [4.78, 5) is 16.8. The van der Waals surface area contributed by atoms with Crippen LogP contribution in [0.1, 0.15) is 11.1 Å². The highest BCUT2D eigenvalue weighted by atomic mass is 32.2. The van der Waals surface area contributed by atoms with Crippen LogP contribution in [0, 0.1) is 13.8 Å². The van der Waals surface area contributed by atoms with Crippen LogP contribution >= 0.6 is 0 Å². The molecule has 1 heterocycles. The van der Waals surface area contributed by atoms with Crippen LogP contribution in [-0.4, -0.2) is 32.1 Å². The van der Waals surface area contributed by atoms with Gasteiger partial charge in [0.05, 0.1) is 17.5 Å². The van der Waals surface area contributed by atoms with Crippen LogP contribution in [0.15, 0.2) is 54.7 Å². The van der Waals surface area contributed by atoms with Crippen LogP contribution in [0.25, 0.3) is 10.9 Å². The van der Waals surface area contributed by atoms with Crippen molar-refractivity contribution in [1.82, 2.24) is 4.98 Å². The molecule has 0 aliphatic heterocycles. The quantitative estimate of drug-likeness (QED) is 0.733. The van der Waals surface area contributed by atoms with Gasteiger partial charge in [0.25, 0.3) is 0 Å². The Labute approximate surface area is 158 Å². The minimum absolute atomic E-state index is 0.332. The maximum Gasteiger partial charge on any atom is 0.245 e. The van der Waals surface area contributed by atoms with E-state index >= 15 is 0 Å². The standard InChI is InChI=1S/C20H21N3O3S/c1-14-9-10-17(12-15(14)2)22-19(24)13-23(27(3,25)26)18-8-4-6-16-7-5-11-21-20(16)18/h4-12H,13H2,1-3H3,(H,22,24). The molecule has 7 heteroatoms. The summed E-state index contributed by atoms with van der Waals surface area (Å²) in [6.45, 7) is 3.61.